The minimum absolute atomic E-state index is 0.138. The molecule has 4 heterocycles. The second-order valence-corrected chi connectivity index (χ2v) is 6.30. The van der Waals surface area contributed by atoms with E-state index in [0.717, 1.165) is 0 Å². The van der Waals surface area contributed by atoms with E-state index in [4.69, 9.17) is 13.7 Å². The van der Waals surface area contributed by atoms with Gasteiger partial charge in [0.15, 0.2) is 17.3 Å². The number of furan rings is 1. The topological polar surface area (TPSA) is 121 Å². The molecule has 4 aromatic heterocycles. The molecule has 0 aliphatic rings. The number of rotatable bonds is 6. The van der Waals surface area contributed by atoms with Gasteiger partial charge in [-0.1, -0.05) is 5.16 Å². The Morgan fingerprint density at radius 1 is 1.03 bits per heavy atom. The third kappa shape index (κ3) is 4.03. The first kappa shape index (κ1) is 18.3. The summed E-state index contributed by atoms with van der Waals surface area (Å²) in [6.07, 6.45) is 6.35. The zero-order chi connectivity index (χ0) is 21.0. The molecule has 0 saturated heterocycles. The number of benzene rings is 1. The van der Waals surface area contributed by atoms with Gasteiger partial charge in [0.05, 0.1) is 6.26 Å². The van der Waals surface area contributed by atoms with Crippen LogP contribution in [0.4, 0.5) is 5.69 Å². The Hall–Kier alpha value is -4.73. The summed E-state index contributed by atoms with van der Waals surface area (Å²) in [6, 6.07) is 15.3. The van der Waals surface area contributed by atoms with Gasteiger partial charge in [0.25, 0.3) is 5.91 Å². The zero-order valence-corrected chi connectivity index (χ0v) is 15.9. The highest BCUT2D eigenvalue weighted by atomic mass is 16.5. The van der Waals surface area contributed by atoms with Gasteiger partial charge in [-0.3, -0.25) is 4.79 Å². The molecule has 1 amide bonds. The van der Waals surface area contributed by atoms with E-state index < -0.39 is 5.91 Å². The molecule has 10 nitrogen and oxygen atoms in total. The highest BCUT2D eigenvalue weighted by molar-refractivity contribution is 6.03. The first-order valence-electron chi connectivity index (χ1n) is 9.16. The molecule has 31 heavy (non-hydrogen) atoms. The molecule has 0 aliphatic carbocycles. The highest BCUT2D eigenvalue weighted by Crippen LogP contribution is 2.24. The van der Waals surface area contributed by atoms with Crippen LogP contribution in [0.1, 0.15) is 10.5 Å². The van der Waals surface area contributed by atoms with E-state index in [1.54, 1.807) is 65.6 Å². The largest absolute Gasteiger partial charge is 0.461 e. The van der Waals surface area contributed by atoms with Crippen molar-refractivity contribution in [3.63, 3.8) is 0 Å². The standard InChI is InChI=1S/C21H14N6O4/c28-21(16-11-18(31-26-16)17-3-1-10-29-17)25-14-4-6-15(7-5-14)30-20-12-19(22-13-23-20)27-9-2-8-24-27/h1-13H,(H,25,28). The van der Waals surface area contributed by atoms with Gasteiger partial charge in [-0.2, -0.15) is 5.10 Å². The molecule has 0 unspecified atom stereocenters. The molecule has 0 spiro atoms. The molecular weight excluding hydrogens is 400 g/mol. The number of aromatic nitrogens is 5. The lowest BCUT2D eigenvalue weighted by molar-refractivity contribution is 0.101. The van der Waals surface area contributed by atoms with Gasteiger partial charge in [-0.25, -0.2) is 14.6 Å². The molecule has 0 saturated carbocycles. The van der Waals surface area contributed by atoms with Crippen LogP contribution < -0.4 is 10.1 Å². The molecule has 0 aliphatic heterocycles. The van der Waals surface area contributed by atoms with Gasteiger partial charge in [0.1, 0.15) is 12.1 Å². The van der Waals surface area contributed by atoms with Crippen molar-refractivity contribution in [2.75, 3.05) is 5.32 Å². The monoisotopic (exact) mass is 414 g/mol. The van der Waals surface area contributed by atoms with Gasteiger partial charge in [-0.15, -0.1) is 0 Å². The van der Waals surface area contributed by atoms with Gasteiger partial charge < -0.3 is 19.0 Å². The van der Waals surface area contributed by atoms with Crippen LogP contribution in [-0.2, 0) is 0 Å². The number of hydrogen-bond acceptors (Lipinski definition) is 8. The SMILES string of the molecule is O=C(Nc1ccc(Oc2cc(-n3cccn3)ncn2)cc1)c1cc(-c2ccco2)on1. The molecule has 1 N–H and O–H groups in total. The molecule has 0 bridgehead atoms. The Labute approximate surface area is 175 Å². The van der Waals surface area contributed by atoms with E-state index in [1.807, 2.05) is 0 Å². The number of amides is 1. The molecule has 1 aromatic carbocycles. The third-order valence-corrected chi connectivity index (χ3v) is 4.21. The summed E-state index contributed by atoms with van der Waals surface area (Å²) in [5.74, 6) is 1.96. The third-order valence-electron chi connectivity index (χ3n) is 4.21. The maximum Gasteiger partial charge on any atom is 0.277 e. The molecule has 10 heteroatoms. The fourth-order valence-corrected chi connectivity index (χ4v) is 2.75. The minimum Gasteiger partial charge on any atom is -0.461 e. The van der Waals surface area contributed by atoms with Crippen molar-refractivity contribution in [2.24, 2.45) is 0 Å². The minimum atomic E-state index is -0.408. The van der Waals surface area contributed by atoms with Crippen LogP contribution in [0.5, 0.6) is 11.6 Å². The van der Waals surface area contributed by atoms with Crippen molar-refractivity contribution in [3.8, 4) is 29.0 Å². The van der Waals surface area contributed by atoms with Crippen LogP contribution in [0, 0.1) is 0 Å². The number of anilines is 1. The molecule has 0 atom stereocenters. The molecule has 5 aromatic rings. The van der Waals surface area contributed by atoms with Crippen LogP contribution in [0.15, 0.2) is 88.5 Å². The maximum atomic E-state index is 12.4. The fourth-order valence-electron chi connectivity index (χ4n) is 2.75. The number of hydrogen-bond donors (Lipinski definition) is 1. The molecule has 5 rings (SSSR count). The Balaban J connectivity index is 1.24. The van der Waals surface area contributed by atoms with E-state index >= 15 is 0 Å². The average Bonchev–Trinajstić information content (AvgIpc) is 3.57. The second kappa shape index (κ2) is 7.95. The second-order valence-electron chi connectivity index (χ2n) is 6.30. The van der Waals surface area contributed by atoms with E-state index in [9.17, 15) is 4.79 Å². The van der Waals surface area contributed by atoms with Crippen LogP contribution in [0.3, 0.4) is 0 Å². The van der Waals surface area contributed by atoms with Crippen LogP contribution in [0.25, 0.3) is 17.3 Å². The van der Waals surface area contributed by atoms with Crippen LogP contribution >= 0.6 is 0 Å². The average molecular weight is 414 g/mol. The summed E-state index contributed by atoms with van der Waals surface area (Å²) >= 11 is 0. The summed E-state index contributed by atoms with van der Waals surface area (Å²) in [5.41, 5.74) is 0.707. The Kier molecular flexibility index (Phi) is 4.70. The van der Waals surface area contributed by atoms with Crippen molar-refractivity contribution in [1.82, 2.24) is 24.9 Å². The van der Waals surface area contributed by atoms with Crippen molar-refractivity contribution >= 4 is 11.6 Å². The Morgan fingerprint density at radius 3 is 2.71 bits per heavy atom. The lowest BCUT2D eigenvalue weighted by Gasteiger charge is -2.07. The fraction of sp³-hybridized carbons (Fsp3) is 0. The summed E-state index contributed by atoms with van der Waals surface area (Å²) in [7, 11) is 0. The van der Waals surface area contributed by atoms with Crippen molar-refractivity contribution in [3.05, 3.63) is 85.3 Å². The normalized spacial score (nSPS) is 10.7. The maximum absolute atomic E-state index is 12.4. The Bertz CT molecular complexity index is 1290. The number of nitrogens with one attached hydrogen (secondary N) is 1. The number of carbonyl (C=O) groups excluding carboxylic acids is 1. The first-order chi connectivity index (χ1) is 15.2. The summed E-state index contributed by atoms with van der Waals surface area (Å²) in [5, 5.41) is 10.7. The number of nitrogens with zero attached hydrogens (tertiary/aromatic N) is 5. The van der Waals surface area contributed by atoms with Crippen molar-refractivity contribution in [2.45, 2.75) is 0 Å². The molecular formula is C21H14N6O4. The Morgan fingerprint density at radius 2 is 1.94 bits per heavy atom. The van der Waals surface area contributed by atoms with Gasteiger partial charge >= 0.3 is 0 Å². The van der Waals surface area contributed by atoms with Gasteiger partial charge in [0.2, 0.25) is 11.6 Å². The van der Waals surface area contributed by atoms with Crippen molar-refractivity contribution < 1.29 is 18.5 Å². The highest BCUT2D eigenvalue weighted by Gasteiger charge is 2.15. The van der Waals surface area contributed by atoms with E-state index in [0.29, 0.717) is 34.7 Å². The molecule has 0 fully saturated rings. The van der Waals surface area contributed by atoms with E-state index in [1.165, 1.54) is 18.7 Å². The van der Waals surface area contributed by atoms with E-state index in [2.05, 4.69) is 25.5 Å². The zero-order valence-electron chi connectivity index (χ0n) is 15.9. The smallest absolute Gasteiger partial charge is 0.277 e. The van der Waals surface area contributed by atoms with Crippen LogP contribution in [0.2, 0.25) is 0 Å². The molecule has 152 valence electrons. The van der Waals surface area contributed by atoms with Gasteiger partial charge in [-0.05, 0) is 42.5 Å². The summed E-state index contributed by atoms with van der Waals surface area (Å²) in [4.78, 5) is 20.7. The predicted octanol–water partition coefficient (Wildman–Crippen LogP) is 3.95. The number of carbonyl (C=O) groups is 1. The van der Waals surface area contributed by atoms with Crippen molar-refractivity contribution in [1.29, 1.82) is 0 Å². The van der Waals surface area contributed by atoms with Crippen LogP contribution in [-0.4, -0.2) is 30.8 Å². The predicted molar refractivity (Wildman–Crippen MR) is 108 cm³/mol. The lowest BCUT2D eigenvalue weighted by atomic mass is 10.2. The summed E-state index contributed by atoms with van der Waals surface area (Å²) in [6.45, 7) is 0. The van der Waals surface area contributed by atoms with E-state index in [-0.39, 0.29) is 5.69 Å². The molecule has 0 radical (unpaired) electrons. The summed E-state index contributed by atoms with van der Waals surface area (Å²) < 4.78 is 17.7. The number of ether oxygens (including phenoxy) is 1. The lowest BCUT2D eigenvalue weighted by Crippen LogP contribution is -2.11. The first-order valence-corrected chi connectivity index (χ1v) is 9.16. The quantitative estimate of drug-likeness (QED) is 0.443. The van der Waals surface area contributed by atoms with Gasteiger partial charge in [0, 0.05) is 30.2 Å².